The van der Waals surface area contributed by atoms with E-state index in [0.29, 0.717) is 38.9 Å². The molecule has 7 nitrogen and oxygen atoms in total. The van der Waals surface area contributed by atoms with Crippen LogP contribution in [0.1, 0.15) is 28.3 Å². The molecule has 0 radical (unpaired) electrons. The molecule has 1 N–H and O–H groups in total. The number of nitrogens with zero attached hydrogens (tertiary/aromatic N) is 5. The van der Waals surface area contributed by atoms with Crippen molar-refractivity contribution in [2.24, 2.45) is 0 Å². The van der Waals surface area contributed by atoms with Crippen molar-refractivity contribution in [1.82, 2.24) is 29.7 Å². The average Bonchev–Trinajstić information content (AvgIpc) is 3.41. The second-order valence-corrected chi connectivity index (χ2v) is 9.14. The van der Waals surface area contributed by atoms with Gasteiger partial charge in [0.2, 0.25) is 0 Å². The first-order valence-corrected chi connectivity index (χ1v) is 12.0. The second-order valence-electron chi connectivity index (χ2n) is 8.41. The van der Waals surface area contributed by atoms with E-state index in [1.165, 1.54) is 10.7 Å². The van der Waals surface area contributed by atoms with Crippen molar-refractivity contribution in [3.05, 3.63) is 81.9 Å². The summed E-state index contributed by atoms with van der Waals surface area (Å²) < 4.78 is 44.0. The van der Waals surface area contributed by atoms with Crippen molar-refractivity contribution in [2.75, 3.05) is 6.54 Å². The number of halogens is 5. The van der Waals surface area contributed by atoms with Gasteiger partial charge in [0, 0.05) is 24.7 Å². The number of carbonyl (C=O) groups excluding carboxylic acids is 1. The largest absolute Gasteiger partial charge is 0.433 e. The smallest absolute Gasteiger partial charge is 0.351 e. The summed E-state index contributed by atoms with van der Waals surface area (Å²) in [5.41, 5.74) is -0.0491. The lowest BCUT2D eigenvalue weighted by Crippen LogP contribution is -2.26. The lowest BCUT2D eigenvalue weighted by Gasteiger charge is -2.11. The van der Waals surface area contributed by atoms with Crippen molar-refractivity contribution >= 4 is 45.5 Å². The van der Waals surface area contributed by atoms with E-state index >= 15 is 0 Å². The number of hydrogen-bond donors (Lipinski definition) is 1. The van der Waals surface area contributed by atoms with E-state index in [-0.39, 0.29) is 23.6 Å². The van der Waals surface area contributed by atoms with Gasteiger partial charge in [0.05, 0.1) is 11.4 Å². The molecule has 5 aromatic rings. The number of aromatic nitrogens is 5. The Balaban J connectivity index is 1.39. The van der Waals surface area contributed by atoms with E-state index in [4.69, 9.17) is 23.2 Å². The van der Waals surface area contributed by atoms with Crippen LogP contribution in [0.25, 0.3) is 27.7 Å². The number of alkyl halides is 3. The number of rotatable bonds is 6. The van der Waals surface area contributed by atoms with Crippen LogP contribution in [0.3, 0.4) is 0 Å². The van der Waals surface area contributed by atoms with Crippen LogP contribution in [-0.4, -0.2) is 36.8 Å². The van der Waals surface area contributed by atoms with Gasteiger partial charge in [-0.15, -0.1) is 0 Å². The molecule has 12 heteroatoms. The number of aryl methyl sites for hydroxylation is 2. The van der Waals surface area contributed by atoms with Gasteiger partial charge in [-0.25, -0.2) is 9.50 Å². The van der Waals surface area contributed by atoms with Crippen molar-refractivity contribution in [3.8, 4) is 11.3 Å². The summed E-state index contributed by atoms with van der Waals surface area (Å²) >= 11 is 12.1. The van der Waals surface area contributed by atoms with Crippen molar-refractivity contribution in [1.29, 1.82) is 0 Å². The van der Waals surface area contributed by atoms with Gasteiger partial charge in [-0.3, -0.25) is 9.48 Å². The molecule has 1 amide bonds. The monoisotopic (exact) mass is 546 g/mol. The highest BCUT2D eigenvalue weighted by atomic mass is 35.5. The fraction of sp³-hybridized carbons (Fsp3) is 0.200. The van der Waals surface area contributed by atoms with E-state index in [2.05, 4.69) is 20.5 Å². The maximum atomic E-state index is 13.9. The second kappa shape index (κ2) is 9.68. The molecule has 0 fully saturated rings. The highest BCUT2D eigenvalue weighted by molar-refractivity contribution is 6.41. The van der Waals surface area contributed by atoms with Crippen LogP contribution in [0.5, 0.6) is 0 Å². The molecule has 0 aliphatic heterocycles. The van der Waals surface area contributed by atoms with Crippen LogP contribution < -0.4 is 5.32 Å². The van der Waals surface area contributed by atoms with Crippen LogP contribution in [0.2, 0.25) is 10.2 Å². The molecule has 0 saturated heterocycles. The molecule has 37 heavy (non-hydrogen) atoms. The minimum absolute atomic E-state index is 0.0865. The molecular weight excluding hydrogens is 528 g/mol. The minimum atomic E-state index is -4.71. The van der Waals surface area contributed by atoms with Crippen LogP contribution in [0.4, 0.5) is 13.2 Å². The molecular formula is C25H19Cl2F3N6O. The van der Waals surface area contributed by atoms with Gasteiger partial charge in [-0.1, -0.05) is 59.6 Å². The third kappa shape index (κ3) is 4.99. The summed E-state index contributed by atoms with van der Waals surface area (Å²) in [7, 11) is 0. The fourth-order valence-electron chi connectivity index (χ4n) is 3.98. The van der Waals surface area contributed by atoms with Gasteiger partial charge in [-0.05, 0) is 36.2 Å². The maximum Gasteiger partial charge on any atom is 0.433 e. The van der Waals surface area contributed by atoms with Gasteiger partial charge >= 0.3 is 6.18 Å². The molecule has 0 saturated carbocycles. The predicted molar refractivity (Wildman–Crippen MR) is 135 cm³/mol. The number of fused-ring (bicyclic) bond motifs is 2. The number of benzene rings is 2. The van der Waals surface area contributed by atoms with Crippen molar-refractivity contribution in [2.45, 2.75) is 26.1 Å². The molecule has 3 heterocycles. The Morgan fingerprint density at radius 1 is 1.03 bits per heavy atom. The lowest BCUT2D eigenvalue weighted by molar-refractivity contribution is -0.142. The standard InChI is InChI=1S/C25H19Cl2F3N6O/c1-14-22(26)23(27)35(33-14)10-4-9-31-24(37)19-13-21-32-18(12-20(25(28,29)30)36(21)34-19)17-8-7-15-5-2-3-6-16(15)11-17/h2-3,5-8,11-13H,4,9-10H2,1H3,(H,31,37). The predicted octanol–water partition coefficient (Wildman–Crippen LogP) is 6.20. The van der Waals surface area contributed by atoms with Gasteiger partial charge in [0.1, 0.15) is 10.2 Å². The number of carbonyl (C=O) groups is 1. The van der Waals surface area contributed by atoms with E-state index < -0.39 is 17.8 Å². The minimum Gasteiger partial charge on any atom is -0.351 e. The molecule has 0 bridgehead atoms. The van der Waals surface area contributed by atoms with Gasteiger partial charge in [-0.2, -0.15) is 23.4 Å². The lowest BCUT2D eigenvalue weighted by atomic mass is 10.0. The van der Waals surface area contributed by atoms with Crippen molar-refractivity contribution < 1.29 is 18.0 Å². The fourth-order valence-corrected chi connectivity index (χ4v) is 4.38. The first-order chi connectivity index (χ1) is 17.6. The molecule has 2 aromatic carbocycles. The highest BCUT2D eigenvalue weighted by Gasteiger charge is 2.35. The number of amides is 1. The van der Waals surface area contributed by atoms with E-state index in [1.54, 1.807) is 19.1 Å². The zero-order valence-electron chi connectivity index (χ0n) is 19.4. The molecule has 190 valence electrons. The van der Waals surface area contributed by atoms with Gasteiger partial charge in [0.15, 0.2) is 17.0 Å². The summed E-state index contributed by atoms with van der Waals surface area (Å²) in [6.07, 6.45) is -4.25. The Morgan fingerprint density at radius 2 is 1.78 bits per heavy atom. The molecule has 0 spiro atoms. The average molecular weight is 547 g/mol. The van der Waals surface area contributed by atoms with E-state index in [0.717, 1.165) is 16.8 Å². The van der Waals surface area contributed by atoms with Crippen LogP contribution in [0.15, 0.2) is 54.6 Å². The normalized spacial score (nSPS) is 11.9. The third-order valence-corrected chi connectivity index (χ3v) is 6.76. The van der Waals surface area contributed by atoms with Crippen LogP contribution in [0, 0.1) is 6.92 Å². The van der Waals surface area contributed by atoms with E-state index in [9.17, 15) is 18.0 Å². The maximum absolute atomic E-state index is 13.9. The van der Waals surface area contributed by atoms with Crippen LogP contribution >= 0.6 is 23.2 Å². The zero-order valence-corrected chi connectivity index (χ0v) is 20.9. The molecule has 0 atom stereocenters. The molecule has 3 aromatic heterocycles. The molecule has 0 aliphatic rings. The SMILES string of the molecule is Cc1nn(CCCNC(=O)c2cc3nc(-c4ccc5ccccc5c4)cc(C(F)(F)F)n3n2)c(Cl)c1Cl. The first kappa shape index (κ1) is 25.0. The summed E-state index contributed by atoms with van der Waals surface area (Å²) in [6.45, 7) is 2.35. The number of hydrogen-bond acceptors (Lipinski definition) is 4. The summed E-state index contributed by atoms with van der Waals surface area (Å²) in [5.74, 6) is -0.619. The number of nitrogens with one attached hydrogen (secondary N) is 1. The Hall–Kier alpha value is -3.63. The third-order valence-electron chi connectivity index (χ3n) is 5.82. The van der Waals surface area contributed by atoms with Crippen molar-refractivity contribution in [3.63, 3.8) is 0 Å². The summed E-state index contributed by atoms with van der Waals surface area (Å²) in [5, 5.41) is 13.3. The molecule has 0 aliphatic carbocycles. The summed E-state index contributed by atoms with van der Waals surface area (Å²) in [6, 6.07) is 15.0. The Morgan fingerprint density at radius 3 is 2.49 bits per heavy atom. The van der Waals surface area contributed by atoms with Gasteiger partial charge in [0.25, 0.3) is 5.91 Å². The Kier molecular flexibility index (Phi) is 6.55. The van der Waals surface area contributed by atoms with E-state index in [1.807, 2.05) is 30.3 Å². The first-order valence-electron chi connectivity index (χ1n) is 11.3. The molecule has 5 rings (SSSR count). The highest BCUT2D eigenvalue weighted by Crippen LogP contribution is 2.33. The van der Waals surface area contributed by atoms with Crippen LogP contribution in [-0.2, 0) is 12.7 Å². The topological polar surface area (TPSA) is 77.1 Å². The molecule has 0 unspecified atom stereocenters. The zero-order chi connectivity index (χ0) is 26.3. The Labute approximate surface area is 218 Å². The Bertz CT molecular complexity index is 1640. The van der Waals surface area contributed by atoms with Gasteiger partial charge < -0.3 is 5.32 Å². The quantitative estimate of drug-likeness (QED) is 0.257. The summed E-state index contributed by atoms with van der Waals surface area (Å²) in [4.78, 5) is 17.0.